The monoisotopic (exact) mass is 365 g/mol. The molecule has 3 nitrogen and oxygen atoms in total. The van der Waals surface area contributed by atoms with Gasteiger partial charge in [0.2, 0.25) is 11.8 Å². The zero-order chi connectivity index (χ0) is 19.1. The summed E-state index contributed by atoms with van der Waals surface area (Å²) in [6, 6.07) is 8.44. The van der Waals surface area contributed by atoms with Crippen molar-refractivity contribution in [2.24, 2.45) is 11.8 Å². The Morgan fingerprint density at radius 3 is 1.78 bits per heavy atom. The molecule has 1 aliphatic heterocycles. The van der Waals surface area contributed by atoms with Gasteiger partial charge in [-0.15, -0.1) is 0 Å². The van der Waals surface area contributed by atoms with Crippen molar-refractivity contribution in [3.8, 4) is 0 Å². The van der Waals surface area contributed by atoms with Gasteiger partial charge in [0.1, 0.15) is 0 Å². The number of unbranched alkanes of at least 4 members (excludes halogenated alkanes) is 5. The van der Waals surface area contributed by atoms with E-state index in [9.17, 15) is 9.59 Å². The standard InChI is InChI=1S/C24H31NO2/c1-4-5-6-7-8-11-14-25-23(26)21-19-15(2)16(3)20(22(21)24(25)27)18-13-10-9-12-17(18)19/h9-10,12-13,19-22H,4-8,11,14H2,1-3H3/t19-,20+,21+,22-. The van der Waals surface area contributed by atoms with Crippen molar-refractivity contribution in [2.75, 3.05) is 6.54 Å². The molecule has 1 aromatic rings. The molecule has 3 heteroatoms. The fourth-order valence-electron chi connectivity index (χ4n) is 5.71. The molecule has 4 atom stereocenters. The zero-order valence-electron chi connectivity index (χ0n) is 16.8. The predicted octanol–water partition coefficient (Wildman–Crippen LogP) is 5.18. The van der Waals surface area contributed by atoms with Gasteiger partial charge in [-0.3, -0.25) is 14.5 Å². The molecule has 1 fully saturated rings. The quantitative estimate of drug-likeness (QED) is 0.379. The van der Waals surface area contributed by atoms with Crippen LogP contribution < -0.4 is 0 Å². The first-order chi connectivity index (χ1) is 13.1. The van der Waals surface area contributed by atoms with Crippen LogP contribution in [0.1, 0.15) is 82.3 Å². The predicted molar refractivity (Wildman–Crippen MR) is 107 cm³/mol. The minimum Gasteiger partial charge on any atom is -0.282 e. The van der Waals surface area contributed by atoms with E-state index in [0.29, 0.717) is 6.54 Å². The van der Waals surface area contributed by atoms with Gasteiger partial charge >= 0.3 is 0 Å². The maximum absolute atomic E-state index is 13.3. The molecular weight excluding hydrogens is 334 g/mol. The Kier molecular flexibility index (Phi) is 4.96. The second kappa shape index (κ2) is 7.26. The second-order valence-corrected chi connectivity index (χ2v) is 8.60. The molecular formula is C24H31NO2. The van der Waals surface area contributed by atoms with E-state index < -0.39 is 0 Å². The van der Waals surface area contributed by atoms with E-state index in [2.05, 4.69) is 45.0 Å². The van der Waals surface area contributed by atoms with Crippen LogP contribution in [-0.2, 0) is 9.59 Å². The molecule has 144 valence electrons. The molecule has 0 radical (unpaired) electrons. The van der Waals surface area contributed by atoms with Gasteiger partial charge in [0.15, 0.2) is 0 Å². The first-order valence-electron chi connectivity index (χ1n) is 10.7. The summed E-state index contributed by atoms with van der Waals surface area (Å²) < 4.78 is 0. The molecule has 1 saturated heterocycles. The Hall–Kier alpha value is -1.90. The largest absolute Gasteiger partial charge is 0.282 e. The average Bonchev–Trinajstić information content (AvgIpc) is 2.92. The third-order valence-corrected chi connectivity index (χ3v) is 7.16. The Balaban J connectivity index is 1.55. The molecule has 4 aliphatic rings. The van der Waals surface area contributed by atoms with Gasteiger partial charge in [-0.05, 0) is 31.4 Å². The molecule has 0 spiro atoms. The Morgan fingerprint density at radius 1 is 0.778 bits per heavy atom. The van der Waals surface area contributed by atoms with Gasteiger partial charge in [-0.2, -0.15) is 0 Å². The summed E-state index contributed by atoms with van der Waals surface area (Å²) in [7, 11) is 0. The third-order valence-electron chi connectivity index (χ3n) is 7.16. The maximum atomic E-state index is 13.3. The number of hydrogen-bond acceptors (Lipinski definition) is 2. The van der Waals surface area contributed by atoms with Crippen molar-refractivity contribution in [3.63, 3.8) is 0 Å². The van der Waals surface area contributed by atoms with Crippen LogP contribution in [0.5, 0.6) is 0 Å². The maximum Gasteiger partial charge on any atom is 0.234 e. The fraction of sp³-hybridized carbons (Fsp3) is 0.583. The summed E-state index contributed by atoms with van der Waals surface area (Å²) in [5, 5.41) is 0. The zero-order valence-corrected chi connectivity index (χ0v) is 16.8. The molecule has 5 rings (SSSR count). The molecule has 1 aromatic carbocycles. The molecule has 2 bridgehead atoms. The van der Waals surface area contributed by atoms with Crippen LogP contribution in [0.25, 0.3) is 0 Å². The van der Waals surface area contributed by atoms with Crippen LogP contribution in [0, 0.1) is 11.8 Å². The van der Waals surface area contributed by atoms with Gasteiger partial charge in [-0.25, -0.2) is 0 Å². The molecule has 0 N–H and O–H groups in total. The average molecular weight is 366 g/mol. The van der Waals surface area contributed by atoms with Crippen molar-refractivity contribution >= 4 is 11.8 Å². The lowest BCUT2D eigenvalue weighted by Gasteiger charge is -2.46. The number of allylic oxidation sites excluding steroid dienone is 2. The van der Waals surface area contributed by atoms with Crippen molar-refractivity contribution in [1.82, 2.24) is 4.90 Å². The number of hydrogen-bond donors (Lipinski definition) is 0. The van der Waals surface area contributed by atoms with Gasteiger partial charge in [0.25, 0.3) is 0 Å². The van der Waals surface area contributed by atoms with Crippen LogP contribution in [-0.4, -0.2) is 23.3 Å². The van der Waals surface area contributed by atoms with Crippen molar-refractivity contribution in [1.29, 1.82) is 0 Å². The Morgan fingerprint density at radius 2 is 1.26 bits per heavy atom. The molecule has 3 aliphatic carbocycles. The lowest BCUT2D eigenvalue weighted by molar-refractivity contribution is -0.140. The normalized spacial score (nSPS) is 28.8. The van der Waals surface area contributed by atoms with Gasteiger partial charge in [0, 0.05) is 18.4 Å². The number of nitrogens with zero attached hydrogens (tertiary/aromatic N) is 1. The lowest BCUT2D eigenvalue weighted by atomic mass is 9.55. The van der Waals surface area contributed by atoms with Crippen molar-refractivity contribution in [2.45, 2.75) is 71.1 Å². The second-order valence-electron chi connectivity index (χ2n) is 8.60. The van der Waals surface area contributed by atoms with E-state index in [-0.39, 0.29) is 35.5 Å². The summed E-state index contributed by atoms with van der Waals surface area (Å²) in [6.07, 6.45) is 7.02. The van der Waals surface area contributed by atoms with Crippen LogP contribution in [0.15, 0.2) is 35.4 Å². The minimum absolute atomic E-state index is 0.0786. The van der Waals surface area contributed by atoms with Crippen molar-refractivity contribution in [3.05, 3.63) is 46.5 Å². The number of carbonyl (C=O) groups excluding carboxylic acids is 2. The van der Waals surface area contributed by atoms with E-state index in [0.717, 1.165) is 12.8 Å². The molecule has 0 saturated carbocycles. The molecule has 1 heterocycles. The molecule has 27 heavy (non-hydrogen) atoms. The number of carbonyl (C=O) groups is 2. The highest BCUT2D eigenvalue weighted by atomic mass is 16.2. The van der Waals surface area contributed by atoms with Gasteiger partial charge < -0.3 is 0 Å². The van der Waals surface area contributed by atoms with Crippen molar-refractivity contribution < 1.29 is 9.59 Å². The number of amides is 2. The number of rotatable bonds is 7. The highest BCUT2D eigenvalue weighted by Gasteiger charge is 2.60. The number of imide groups is 1. The van der Waals surface area contributed by atoms with E-state index in [1.165, 1.54) is 48.0 Å². The summed E-state index contributed by atoms with van der Waals surface area (Å²) in [6.45, 7) is 7.14. The number of benzene rings is 1. The first kappa shape index (κ1) is 18.5. The molecule has 0 aromatic heterocycles. The van der Waals surface area contributed by atoms with Crippen LogP contribution in [0.4, 0.5) is 0 Å². The number of likely N-dealkylation sites (tertiary alicyclic amines) is 1. The first-order valence-corrected chi connectivity index (χ1v) is 10.7. The SMILES string of the molecule is CCCCCCCCN1C(=O)[C@@H]2[C@H](C1=O)[C@H]1C(C)=C(C)[C@@H]2c2ccccc21. The topological polar surface area (TPSA) is 37.4 Å². The van der Waals surface area contributed by atoms with E-state index in [4.69, 9.17) is 0 Å². The molecule has 2 amide bonds. The summed E-state index contributed by atoms with van der Waals surface area (Å²) in [5.41, 5.74) is 5.16. The van der Waals surface area contributed by atoms with Crippen LogP contribution in [0.3, 0.4) is 0 Å². The smallest absolute Gasteiger partial charge is 0.234 e. The van der Waals surface area contributed by atoms with E-state index >= 15 is 0 Å². The van der Waals surface area contributed by atoms with E-state index in [1.54, 1.807) is 4.90 Å². The van der Waals surface area contributed by atoms with Crippen LogP contribution >= 0.6 is 0 Å². The summed E-state index contributed by atoms with van der Waals surface area (Å²) in [4.78, 5) is 28.1. The van der Waals surface area contributed by atoms with Gasteiger partial charge in [-0.1, -0.05) is 74.4 Å². The highest BCUT2D eigenvalue weighted by Crippen LogP contribution is 2.60. The van der Waals surface area contributed by atoms with E-state index in [1.807, 2.05) is 0 Å². The Bertz CT molecular complexity index is 736. The van der Waals surface area contributed by atoms with Gasteiger partial charge in [0.05, 0.1) is 11.8 Å². The third kappa shape index (κ3) is 2.78. The lowest BCUT2D eigenvalue weighted by Crippen LogP contribution is -2.40. The highest BCUT2D eigenvalue weighted by molar-refractivity contribution is 6.07. The molecule has 0 unspecified atom stereocenters. The Labute approximate surface area is 162 Å². The minimum atomic E-state index is -0.179. The summed E-state index contributed by atoms with van der Waals surface area (Å²) >= 11 is 0. The summed E-state index contributed by atoms with van der Waals surface area (Å²) in [5.74, 6) is -0.0309. The fourth-order valence-corrected chi connectivity index (χ4v) is 5.71. The van der Waals surface area contributed by atoms with Crippen LogP contribution in [0.2, 0.25) is 0 Å².